The van der Waals surface area contributed by atoms with Gasteiger partial charge in [-0.05, 0) is 19.4 Å². The summed E-state index contributed by atoms with van der Waals surface area (Å²) >= 11 is 2.74. The number of carbonyl (C=O) groups is 4. The Morgan fingerprint density at radius 2 is 2.06 bits per heavy atom. The number of ether oxygens (including phenoxy) is 1. The molecule has 2 amide bonds. The predicted octanol–water partition coefficient (Wildman–Crippen LogP) is -0.689. The fourth-order valence-electron chi connectivity index (χ4n) is 4.37. The summed E-state index contributed by atoms with van der Waals surface area (Å²) in [6.45, 7) is 1.25. The maximum Gasteiger partial charge on any atom is 0.354 e. The van der Waals surface area contributed by atoms with Crippen molar-refractivity contribution in [1.29, 1.82) is 0 Å². The molecule has 0 unspecified atom stereocenters. The van der Waals surface area contributed by atoms with Gasteiger partial charge in [-0.15, -0.1) is 11.8 Å². The number of nitrogens with zero attached hydrogens (tertiary/aromatic N) is 2. The molecule has 0 spiro atoms. The monoisotopic (exact) mass is 548 g/mol. The smallest absolute Gasteiger partial charge is 0.354 e. The molecular weight excluding hydrogens is 524 g/mol. The van der Waals surface area contributed by atoms with Crippen molar-refractivity contribution in [3.63, 3.8) is 0 Å². The van der Waals surface area contributed by atoms with Crippen LogP contribution in [0.3, 0.4) is 0 Å². The van der Waals surface area contributed by atoms with E-state index >= 15 is 0 Å². The second-order valence-electron chi connectivity index (χ2n) is 8.37. The third kappa shape index (κ3) is 4.71. The lowest BCUT2D eigenvalue weighted by molar-refractivity contribution is -0.163. The van der Waals surface area contributed by atoms with E-state index in [0.29, 0.717) is 15.7 Å². The van der Waals surface area contributed by atoms with E-state index in [4.69, 9.17) is 14.9 Å². The number of β-lactam (4-membered cyclic amide) rings is 2. The van der Waals surface area contributed by atoms with E-state index in [0.717, 1.165) is 6.42 Å². The Balaban J connectivity index is 0.000000179. The van der Waals surface area contributed by atoms with Crippen molar-refractivity contribution in [2.75, 3.05) is 18.1 Å². The van der Waals surface area contributed by atoms with Gasteiger partial charge in [0.05, 0.1) is 29.3 Å². The van der Waals surface area contributed by atoms with Crippen molar-refractivity contribution in [1.82, 2.24) is 9.80 Å². The molecule has 15 heteroatoms. The first-order valence-corrected chi connectivity index (χ1v) is 14.0. The molecule has 0 aromatic heterocycles. The van der Waals surface area contributed by atoms with Gasteiger partial charge in [-0.25, -0.2) is 9.59 Å². The van der Waals surface area contributed by atoms with Crippen molar-refractivity contribution in [3.05, 3.63) is 21.8 Å². The summed E-state index contributed by atoms with van der Waals surface area (Å²) in [5.41, 5.74) is 0.0228. The van der Waals surface area contributed by atoms with E-state index in [2.05, 4.69) is 0 Å². The highest BCUT2D eigenvalue weighted by molar-refractivity contribution is 8.23. The minimum Gasteiger partial charge on any atom is -0.479 e. The lowest BCUT2D eigenvalue weighted by Crippen LogP contribution is -2.60. The number of amides is 2. The zero-order valence-corrected chi connectivity index (χ0v) is 20.9. The number of carboxylic acid groups (broad SMARTS) is 2. The summed E-state index contributed by atoms with van der Waals surface area (Å²) in [7, 11) is -0.819. The maximum absolute atomic E-state index is 12.0. The fourth-order valence-corrected chi connectivity index (χ4v) is 9.63. The van der Waals surface area contributed by atoms with Gasteiger partial charge in [-0.3, -0.25) is 23.6 Å². The first-order chi connectivity index (χ1) is 16.5. The number of rotatable bonds is 6. The maximum atomic E-state index is 12.0. The molecule has 4 fully saturated rings. The van der Waals surface area contributed by atoms with E-state index in [1.807, 2.05) is 0 Å². The Morgan fingerprint density at radius 1 is 1.34 bits per heavy atom. The molecule has 12 nitrogen and oxygen atoms in total. The molecule has 0 aliphatic carbocycles. The molecule has 5 aliphatic heterocycles. The van der Waals surface area contributed by atoms with Gasteiger partial charge in [0.15, 0.2) is 18.0 Å². The molecule has 0 radical (unpaired) electrons. The normalized spacial score (nSPS) is 35.0. The minimum absolute atomic E-state index is 0.0228. The van der Waals surface area contributed by atoms with Crippen LogP contribution < -0.4 is 0 Å². The number of carboxylic acids is 2. The number of aliphatic hydroxyl groups excluding tert-OH is 2. The number of hydrogen-bond acceptors (Lipinski definition) is 10. The van der Waals surface area contributed by atoms with Crippen molar-refractivity contribution < 1.29 is 48.6 Å². The molecule has 0 bridgehead atoms. The highest BCUT2D eigenvalue weighted by Gasteiger charge is 2.58. The van der Waals surface area contributed by atoms with Crippen molar-refractivity contribution in [2.24, 2.45) is 5.92 Å². The van der Waals surface area contributed by atoms with Crippen LogP contribution in [0.2, 0.25) is 0 Å². The molecule has 0 saturated carbocycles. The Morgan fingerprint density at radius 3 is 2.57 bits per heavy atom. The van der Waals surface area contributed by atoms with Crippen LogP contribution in [-0.4, -0.2) is 105 Å². The second-order valence-corrected chi connectivity index (χ2v) is 12.7. The van der Waals surface area contributed by atoms with E-state index in [1.54, 1.807) is 6.92 Å². The van der Waals surface area contributed by atoms with Crippen LogP contribution >= 0.6 is 23.5 Å². The molecule has 5 heterocycles. The molecule has 0 aromatic carbocycles. The SMILES string of the molecule is C[C@@H](O)[C@H]1C(=O)N2C(C(=O)O)=C(S[C@H]3CC[S@@](=O)C3)S[C@H]12.O=C(O)[C@H]1/C(=C/CO)O[C@@H]2CC(=O)N21. The van der Waals surface area contributed by atoms with E-state index in [1.165, 1.54) is 39.4 Å². The molecule has 5 aliphatic rings. The summed E-state index contributed by atoms with van der Waals surface area (Å²) in [5.74, 6) is -1.99. The number of fused-ring (bicyclic) bond motifs is 2. The average Bonchev–Trinajstić information content (AvgIpc) is 3.40. The Hall–Kier alpha value is -2.07. The molecule has 35 heavy (non-hydrogen) atoms. The van der Waals surface area contributed by atoms with Crippen LogP contribution in [0.5, 0.6) is 0 Å². The third-order valence-electron chi connectivity index (χ3n) is 6.08. The van der Waals surface area contributed by atoms with Crippen LogP contribution in [0.1, 0.15) is 19.8 Å². The van der Waals surface area contributed by atoms with Gasteiger partial charge < -0.3 is 25.2 Å². The van der Waals surface area contributed by atoms with Gasteiger partial charge in [0, 0.05) is 27.6 Å². The van der Waals surface area contributed by atoms with Gasteiger partial charge in [0.2, 0.25) is 11.8 Å². The Labute approximate surface area is 210 Å². The lowest BCUT2D eigenvalue weighted by Gasteiger charge is -2.43. The van der Waals surface area contributed by atoms with Crippen LogP contribution in [0.15, 0.2) is 21.8 Å². The molecule has 5 rings (SSSR count). The zero-order valence-electron chi connectivity index (χ0n) is 18.4. The summed E-state index contributed by atoms with van der Waals surface area (Å²) in [6.07, 6.45) is 1.04. The summed E-state index contributed by atoms with van der Waals surface area (Å²) in [4.78, 5) is 47.8. The van der Waals surface area contributed by atoms with Crippen molar-refractivity contribution in [3.8, 4) is 0 Å². The average molecular weight is 549 g/mol. The number of aliphatic carboxylic acids is 2. The Bertz CT molecular complexity index is 1040. The standard InChI is InChI=1S/C12H15NO5S3.C8H9NO5/c1-5(14)7-9(15)13-8(11(16)17)12(20-10(7)13)19-6-2-3-21(18)4-6;10-2-1-4-7(8(12)13)9-5(11)3-6(9)14-4/h5-7,10,14H,2-4H2,1H3,(H,16,17);1,6-7,10H,2-3H2,(H,12,13)/b;4-1-/t5-,6+,7+,10-,21-;6-,7-/m11/s1. The number of aliphatic hydroxyl groups is 2. The van der Waals surface area contributed by atoms with Gasteiger partial charge in [-0.1, -0.05) is 11.8 Å². The number of hydrogen-bond donors (Lipinski definition) is 4. The topological polar surface area (TPSA) is 182 Å². The van der Waals surface area contributed by atoms with Crippen molar-refractivity contribution in [2.45, 2.75) is 48.8 Å². The van der Waals surface area contributed by atoms with E-state index in [-0.39, 0.29) is 46.9 Å². The molecule has 4 saturated heterocycles. The molecule has 4 N–H and O–H groups in total. The quantitative estimate of drug-likeness (QED) is 0.307. The summed E-state index contributed by atoms with van der Waals surface area (Å²) in [5, 5.41) is 36.3. The van der Waals surface area contributed by atoms with Gasteiger partial charge >= 0.3 is 11.9 Å². The second kappa shape index (κ2) is 10.1. The largest absolute Gasteiger partial charge is 0.479 e. The van der Waals surface area contributed by atoms with Gasteiger partial charge in [0.1, 0.15) is 11.1 Å². The highest BCUT2D eigenvalue weighted by atomic mass is 32.2. The lowest BCUT2D eigenvalue weighted by atomic mass is 9.92. The summed E-state index contributed by atoms with van der Waals surface area (Å²) < 4.78 is 17.2. The number of thioether (sulfide) groups is 2. The Kier molecular flexibility index (Phi) is 7.52. The molecule has 7 atom stereocenters. The molecule has 192 valence electrons. The number of carbonyl (C=O) groups excluding carboxylic acids is 2. The van der Waals surface area contributed by atoms with Crippen LogP contribution in [-0.2, 0) is 34.7 Å². The highest BCUT2D eigenvalue weighted by Crippen LogP contribution is 2.55. The zero-order chi connectivity index (χ0) is 25.6. The van der Waals surface area contributed by atoms with E-state index < -0.39 is 47.0 Å². The van der Waals surface area contributed by atoms with Crippen molar-refractivity contribution >= 4 is 58.1 Å². The minimum atomic E-state index is -1.14. The third-order valence-corrected chi connectivity index (χ3v) is 10.6. The first-order valence-electron chi connectivity index (χ1n) is 10.7. The molecular formula is C20H24N2O10S3. The van der Waals surface area contributed by atoms with Gasteiger partial charge in [-0.2, -0.15) is 0 Å². The first kappa shape index (κ1) is 26.0. The predicted molar refractivity (Wildman–Crippen MR) is 125 cm³/mol. The van der Waals surface area contributed by atoms with Crippen LogP contribution in [0.4, 0.5) is 0 Å². The van der Waals surface area contributed by atoms with Crippen LogP contribution in [0.25, 0.3) is 0 Å². The molecule has 0 aromatic rings. The van der Waals surface area contributed by atoms with E-state index in [9.17, 15) is 33.6 Å². The fraction of sp³-hybridized carbons (Fsp3) is 0.600. The van der Waals surface area contributed by atoms with Gasteiger partial charge in [0.25, 0.3) is 0 Å². The summed E-state index contributed by atoms with van der Waals surface area (Å²) in [6, 6.07) is -1.06. The van der Waals surface area contributed by atoms with Crippen LogP contribution in [0, 0.1) is 5.92 Å².